The van der Waals surface area contributed by atoms with E-state index < -0.39 is 0 Å². The van der Waals surface area contributed by atoms with Gasteiger partial charge in [-0.05, 0) is 64.9 Å². The molecule has 34 heavy (non-hydrogen) atoms. The Morgan fingerprint density at radius 1 is 0.912 bits per heavy atom. The van der Waals surface area contributed by atoms with E-state index in [1.807, 2.05) is 84.9 Å². The van der Waals surface area contributed by atoms with Crippen LogP contribution in [0.2, 0.25) is 0 Å². The summed E-state index contributed by atoms with van der Waals surface area (Å²) < 4.78 is 11.5. The Labute approximate surface area is 200 Å². The number of carbonyl (C=O) groups excluding carboxylic acids is 1. The molecule has 0 unspecified atom stereocenters. The largest absolute Gasteiger partial charge is 0.497 e. The highest BCUT2D eigenvalue weighted by Gasteiger charge is 2.23. The third kappa shape index (κ3) is 4.21. The number of methoxy groups -OCH3 is 2. The number of benzene rings is 4. The van der Waals surface area contributed by atoms with Gasteiger partial charge in [-0.3, -0.25) is 4.79 Å². The summed E-state index contributed by atoms with van der Waals surface area (Å²) in [4.78, 5) is 18.5. The molecule has 0 atom stereocenters. The summed E-state index contributed by atoms with van der Waals surface area (Å²) in [5, 5.41) is 8.27. The van der Waals surface area contributed by atoms with Gasteiger partial charge in [-0.1, -0.05) is 47.7 Å². The molecule has 5 rings (SSSR count). The number of anilines is 1. The number of hydrazone groups is 1. The zero-order chi connectivity index (χ0) is 23.5. The minimum Gasteiger partial charge on any atom is -0.497 e. The van der Waals surface area contributed by atoms with Crippen LogP contribution in [0.1, 0.15) is 15.9 Å². The molecule has 0 aliphatic heterocycles. The van der Waals surface area contributed by atoms with E-state index in [1.165, 1.54) is 16.3 Å². The van der Waals surface area contributed by atoms with Crippen molar-refractivity contribution in [2.24, 2.45) is 5.10 Å². The fraction of sp³-hybridized carbons (Fsp3) is 0.0741. The van der Waals surface area contributed by atoms with Crippen LogP contribution in [0.4, 0.5) is 5.13 Å². The second-order valence-corrected chi connectivity index (χ2v) is 8.50. The molecular weight excluding hydrogens is 446 g/mol. The monoisotopic (exact) mass is 467 g/mol. The molecule has 0 N–H and O–H groups in total. The highest BCUT2D eigenvalue weighted by Crippen LogP contribution is 2.33. The molecule has 5 aromatic rings. The zero-order valence-corrected chi connectivity index (χ0v) is 19.5. The van der Waals surface area contributed by atoms with Crippen LogP contribution < -0.4 is 14.5 Å². The van der Waals surface area contributed by atoms with Gasteiger partial charge >= 0.3 is 0 Å². The molecule has 1 aromatic heterocycles. The third-order valence-corrected chi connectivity index (χ3v) is 6.41. The second kappa shape index (κ2) is 9.33. The normalized spacial score (nSPS) is 11.2. The van der Waals surface area contributed by atoms with Crippen LogP contribution in [0, 0.1) is 0 Å². The van der Waals surface area contributed by atoms with E-state index in [4.69, 9.17) is 9.47 Å². The van der Waals surface area contributed by atoms with E-state index >= 15 is 0 Å². The fourth-order valence-corrected chi connectivity index (χ4v) is 4.59. The van der Waals surface area contributed by atoms with Crippen molar-refractivity contribution in [1.29, 1.82) is 0 Å². The molecule has 1 amide bonds. The van der Waals surface area contributed by atoms with Crippen molar-refractivity contribution >= 4 is 49.6 Å². The standard InChI is InChI=1S/C27H21N3O3S/c1-32-20-12-10-18(11-13-20)17-28-30(27-29-24-15-14-21(33-2)16-25(24)34-27)26(31)23-9-5-7-19-6-3-4-8-22(19)23/h3-17H,1-2H3/b28-17+. The van der Waals surface area contributed by atoms with E-state index in [9.17, 15) is 4.79 Å². The van der Waals surface area contributed by atoms with Gasteiger partial charge in [-0.2, -0.15) is 10.1 Å². The molecule has 4 aromatic carbocycles. The molecule has 1 heterocycles. The lowest BCUT2D eigenvalue weighted by molar-refractivity contribution is 0.0989. The minimum absolute atomic E-state index is 0.257. The van der Waals surface area contributed by atoms with Crippen molar-refractivity contribution in [3.63, 3.8) is 0 Å². The van der Waals surface area contributed by atoms with E-state index in [2.05, 4.69) is 10.1 Å². The molecule has 168 valence electrons. The summed E-state index contributed by atoms with van der Waals surface area (Å²) in [6.45, 7) is 0. The topological polar surface area (TPSA) is 64.0 Å². The summed E-state index contributed by atoms with van der Waals surface area (Å²) >= 11 is 1.38. The predicted octanol–water partition coefficient (Wildman–Crippen LogP) is 6.15. The lowest BCUT2D eigenvalue weighted by Crippen LogP contribution is -2.25. The predicted molar refractivity (Wildman–Crippen MR) is 138 cm³/mol. The van der Waals surface area contributed by atoms with Gasteiger partial charge in [-0.25, -0.2) is 4.98 Å². The van der Waals surface area contributed by atoms with Gasteiger partial charge < -0.3 is 9.47 Å². The maximum Gasteiger partial charge on any atom is 0.281 e. The first kappa shape index (κ1) is 21.6. The number of nitrogens with zero attached hydrogens (tertiary/aromatic N) is 3. The van der Waals surface area contributed by atoms with Gasteiger partial charge in [0.1, 0.15) is 11.5 Å². The van der Waals surface area contributed by atoms with Gasteiger partial charge in [-0.15, -0.1) is 0 Å². The number of ether oxygens (including phenoxy) is 2. The number of hydrogen-bond acceptors (Lipinski definition) is 6. The lowest BCUT2D eigenvalue weighted by atomic mass is 10.0. The third-order valence-electron chi connectivity index (χ3n) is 5.42. The average Bonchev–Trinajstić information content (AvgIpc) is 3.31. The summed E-state index contributed by atoms with van der Waals surface area (Å²) in [6.07, 6.45) is 1.65. The number of rotatable bonds is 6. The molecule has 0 spiro atoms. The summed E-state index contributed by atoms with van der Waals surface area (Å²) in [7, 11) is 3.24. The second-order valence-electron chi connectivity index (χ2n) is 7.49. The number of thiazole rings is 1. The molecule has 6 nitrogen and oxygen atoms in total. The zero-order valence-electron chi connectivity index (χ0n) is 18.6. The van der Waals surface area contributed by atoms with Crippen molar-refractivity contribution < 1.29 is 14.3 Å². The number of fused-ring (bicyclic) bond motifs is 2. The van der Waals surface area contributed by atoms with Crippen molar-refractivity contribution in [2.45, 2.75) is 0 Å². The van der Waals surface area contributed by atoms with Gasteiger partial charge in [0.25, 0.3) is 5.91 Å². The number of carbonyl (C=O) groups is 1. The van der Waals surface area contributed by atoms with E-state index in [1.54, 1.807) is 20.4 Å². The van der Waals surface area contributed by atoms with Crippen molar-refractivity contribution in [3.8, 4) is 11.5 Å². The first-order valence-corrected chi connectivity index (χ1v) is 11.4. The Hall–Kier alpha value is -4.23. The highest BCUT2D eigenvalue weighted by molar-refractivity contribution is 7.22. The van der Waals surface area contributed by atoms with Crippen LogP contribution in [0.15, 0.2) is 90.0 Å². The molecule has 0 saturated heterocycles. The molecular formula is C27H21N3O3S. The average molecular weight is 468 g/mol. The molecule has 0 aliphatic rings. The Morgan fingerprint density at radius 3 is 2.44 bits per heavy atom. The van der Waals surface area contributed by atoms with E-state index in [0.717, 1.165) is 38.1 Å². The molecule has 7 heteroatoms. The van der Waals surface area contributed by atoms with Crippen LogP contribution in [0.25, 0.3) is 21.0 Å². The van der Waals surface area contributed by atoms with Crippen LogP contribution >= 0.6 is 11.3 Å². The van der Waals surface area contributed by atoms with Gasteiger partial charge in [0, 0.05) is 5.56 Å². The lowest BCUT2D eigenvalue weighted by Gasteiger charge is -2.15. The smallest absolute Gasteiger partial charge is 0.281 e. The van der Waals surface area contributed by atoms with E-state index in [0.29, 0.717) is 10.7 Å². The van der Waals surface area contributed by atoms with Gasteiger partial charge in [0.05, 0.1) is 30.7 Å². The number of amides is 1. The first-order valence-electron chi connectivity index (χ1n) is 10.6. The Balaban J connectivity index is 1.60. The van der Waals surface area contributed by atoms with Crippen LogP contribution in [0.3, 0.4) is 0 Å². The summed E-state index contributed by atoms with van der Waals surface area (Å²) in [6, 6.07) is 26.6. The van der Waals surface area contributed by atoms with Crippen molar-refractivity contribution in [3.05, 3.63) is 96.1 Å². The Bertz CT molecular complexity index is 1500. The quantitative estimate of drug-likeness (QED) is 0.222. The molecule has 0 saturated carbocycles. The molecule has 0 radical (unpaired) electrons. The Morgan fingerprint density at radius 2 is 1.65 bits per heavy atom. The molecule has 0 fully saturated rings. The number of hydrogen-bond donors (Lipinski definition) is 0. The van der Waals surface area contributed by atoms with Gasteiger partial charge in [0.2, 0.25) is 5.13 Å². The van der Waals surface area contributed by atoms with E-state index in [-0.39, 0.29) is 5.91 Å². The first-order chi connectivity index (χ1) is 16.7. The molecule has 0 bridgehead atoms. The van der Waals surface area contributed by atoms with Crippen molar-refractivity contribution in [1.82, 2.24) is 4.98 Å². The van der Waals surface area contributed by atoms with Crippen molar-refractivity contribution in [2.75, 3.05) is 19.2 Å². The maximum atomic E-state index is 13.8. The minimum atomic E-state index is -0.257. The number of aromatic nitrogens is 1. The summed E-state index contributed by atoms with van der Waals surface area (Å²) in [5.41, 5.74) is 2.16. The van der Waals surface area contributed by atoms with Crippen LogP contribution in [-0.4, -0.2) is 31.3 Å². The molecule has 0 aliphatic carbocycles. The maximum absolute atomic E-state index is 13.8. The Kier molecular flexibility index (Phi) is 5.93. The fourth-order valence-electron chi connectivity index (χ4n) is 3.64. The van der Waals surface area contributed by atoms with Crippen LogP contribution in [-0.2, 0) is 0 Å². The highest BCUT2D eigenvalue weighted by atomic mass is 32.1. The summed E-state index contributed by atoms with van der Waals surface area (Å²) in [5.74, 6) is 1.23. The van der Waals surface area contributed by atoms with Gasteiger partial charge in [0.15, 0.2) is 0 Å². The SMILES string of the molecule is COc1ccc(/C=N/N(C(=O)c2cccc3ccccc23)c2nc3ccc(OC)cc3s2)cc1. The van der Waals surface area contributed by atoms with Crippen LogP contribution in [0.5, 0.6) is 11.5 Å².